The highest BCUT2D eigenvalue weighted by Crippen LogP contribution is 2.06. The number of hydrogen-bond acceptors (Lipinski definition) is 5. The summed E-state index contributed by atoms with van der Waals surface area (Å²) in [5, 5.41) is 2.85. The maximum Gasteiger partial charge on any atom is 0.292 e. The molecule has 1 saturated heterocycles. The van der Waals surface area contributed by atoms with Crippen molar-refractivity contribution in [2.24, 2.45) is 0 Å². The molecule has 0 saturated carbocycles. The molecule has 0 bridgehead atoms. The predicted molar refractivity (Wildman–Crippen MR) is 82.6 cm³/mol. The molecule has 1 amide bonds. The van der Waals surface area contributed by atoms with E-state index in [9.17, 15) is 4.79 Å². The largest absolute Gasteiger partial charge is 0.471 e. The zero-order chi connectivity index (χ0) is 15.5. The molecule has 1 fully saturated rings. The fourth-order valence-corrected chi connectivity index (χ4v) is 1.23. The monoisotopic (exact) mass is 292 g/mol. The Morgan fingerprint density at radius 1 is 1.30 bits per heavy atom. The van der Waals surface area contributed by atoms with Crippen LogP contribution in [0, 0.1) is 0 Å². The Bertz CT molecular complexity index is 196. The smallest absolute Gasteiger partial charge is 0.292 e. The first-order valence-corrected chi connectivity index (χ1v) is 6.35. The average molecular weight is 292 g/mol. The number of nitrogens with one attached hydrogen (secondary N) is 1. The molecule has 0 unspecified atom stereocenters. The SMILES string of the molecule is C.C=O.CCC.CNCC(=O)N1CCCC1.COC=O. The second kappa shape index (κ2) is 26.2. The zero-order valence-corrected chi connectivity index (χ0v) is 12.6. The molecule has 6 nitrogen and oxygen atoms in total. The number of carbonyl (C=O) groups excluding carboxylic acids is 3. The van der Waals surface area contributed by atoms with Gasteiger partial charge in [-0.3, -0.25) is 9.59 Å². The minimum atomic E-state index is 0. The van der Waals surface area contributed by atoms with Crippen LogP contribution >= 0.6 is 0 Å². The Kier molecular flexibility index (Phi) is 35.4. The topological polar surface area (TPSA) is 75.7 Å². The van der Waals surface area contributed by atoms with Crippen molar-refractivity contribution in [3.8, 4) is 0 Å². The van der Waals surface area contributed by atoms with Crippen LogP contribution < -0.4 is 5.32 Å². The first-order valence-electron chi connectivity index (χ1n) is 6.35. The molecule has 1 aliphatic heterocycles. The van der Waals surface area contributed by atoms with Gasteiger partial charge in [0, 0.05) is 13.1 Å². The van der Waals surface area contributed by atoms with Crippen molar-refractivity contribution in [3.63, 3.8) is 0 Å². The van der Waals surface area contributed by atoms with Crippen LogP contribution in [0.15, 0.2) is 0 Å². The van der Waals surface area contributed by atoms with Crippen LogP contribution in [0.3, 0.4) is 0 Å². The van der Waals surface area contributed by atoms with Gasteiger partial charge in [0.25, 0.3) is 6.47 Å². The molecular weight excluding hydrogens is 260 g/mol. The van der Waals surface area contributed by atoms with Gasteiger partial charge in [-0.05, 0) is 19.9 Å². The second-order valence-corrected chi connectivity index (χ2v) is 3.66. The minimum Gasteiger partial charge on any atom is -0.471 e. The quantitative estimate of drug-likeness (QED) is 0.798. The summed E-state index contributed by atoms with van der Waals surface area (Å²) in [6.45, 7) is 9.03. The van der Waals surface area contributed by atoms with E-state index in [1.807, 2.05) is 11.7 Å². The van der Waals surface area contributed by atoms with Crippen molar-refractivity contribution in [2.45, 2.75) is 40.5 Å². The molecule has 0 aliphatic carbocycles. The van der Waals surface area contributed by atoms with Crippen LogP contribution in [0.4, 0.5) is 0 Å². The standard InChI is InChI=1S/C7H14N2O.C3H8.C2H4O2.CH2O.CH4/c1-8-6-7(10)9-4-2-3-5-9;1-3-2;1-4-2-3;1-2;/h8H,2-6H2,1H3;3H2,1-2H3;2H,1H3;1H2;1H4. The number of carbonyl (C=O) groups is 3. The van der Waals surface area contributed by atoms with Crippen LogP contribution in [0.1, 0.15) is 40.5 Å². The highest BCUT2D eigenvalue weighted by molar-refractivity contribution is 5.78. The number of hydrogen-bond donors (Lipinski definition) is 1. The maximum atomic E-state index is 11.1. The summed E-state index contributed by atoms with van der Waals surface area (Å²) in [6, 6.07) is 0. The van der Waals surface area contributed by atoms with Crippen molar-refractivity contribution >= 4 is 19.2 Å². The molecule has 6 heteroatoms. The molecule has 122 valence electrons. The lowest BCUT2D eigenvalue weighted by molar-refractivity contribution is -0.129. The van der Waals surface area contributed by atoms with Crippen LogP contribution in [0.25, 0.3) is 0 Å². The van der Waals surface area contributed by atoms with E-state index in [0.717, 1.165) is 13.1 Å². The van der Waals surface area contributed by atoms with E-state index in [1.165, 1.54) is 26.4 Å². The fourth-order valence-electron chi connectivity index (χ4n) is 1.23. The van der Waals surface area contributed by atoms with Crippen molar-refractivity contribution < 1.29 is 19.1 Å². The van der Waals surface area contributed by atoms with Crippen molar-refractivity contribution in [2.75, 3.05) is 33.8 Å². The molecule has 0 aromatic rings. The van der Waals surface area contributed by atoms with Gasteiger partial charge in [-0.2, -0.15) is 0 Å². The molecule has 20 heavy (non-hydrogen) atoms. The molecule has 1 aliphatic rings. The van der Waals surface area contributed by atoms with Gasteiger partial charge in [-0.15, -0.1) is 0 Å². The molecular formula is C14H32N2O4. The number of nitrogens with zero attached hydrogens (tertiary/aromatic N) is 1. The summed E-state index contributed by atoms with van der Waals surface area (Å²) in [4.78, 5) is 30.0. The third-order valence-corrected chi connectivity index (χ3v) is 1.88. The highest BCUT2D eigenvalue weighted by Gasteiger charge is 2.15. The third kappa shape index (κ3) is 21.8. The Balaban J connectivity index is -0.000000109. The Morgan fingerprint density at radius 3 is 1.90 bits per heavy atom. The van der Waals surface area contributed by atoms with Crippen LogP contribution in [-0.4, -0.2) is 57.9 Å². The van der Waals surface area contributed by atoms with Gasteiger partial charge in [0.1, 0.15) is 6.79 Å². The second-order valence-electron chi connectivity index (χ2n) is 3.66. The molecule has 0 aromatic heterocycles. The molecule has 0 spiro atoms. The van der Waals surface area contributed by atoms with Gasteiger partial charge in [-0.1, -0.05) is 27.7 Å². The summed E-state index contributed by atoms with van der Waals surface area (Å²) in [7, 11) is 3.11. The number of ether oxygens (including phenoxy) is 1. The first kappa shape index (κ1) is 27.0. The van der Waals surface area contributed by atoms with Crippen molar-refractivity contribution in [1.29, 1.82) is 0 Å². The van der Waals surface area contributed by atoms with Crippen molar-refractivity contribution in [3.05, 3.63) is 0 Å². The first-order chi connectivity index (χ1) is 9.17. The number of amides is 1. The van der Waals surface area contributed by atoms with Gasteiger partial charge in [0.2, 0.25) is 5.91 Å². The summed E-state index contributed by atoms with van der Waals surface area (Å²) in [6.07, 6.45) is 3.60. The Morgan fingerprint density at radius 2 is 1.65 bits per heavy atom. The Hall–Kier alpha value is -1.43. The third-order valence-electron chi connectivity index (χ3n) is 1.88. The van der Waals surface area contributed by atoms with E-state index in [0.29, 0.717) is 13.0 Å². The average Bonchev–Trinajstić information content (AvgIpc) is 2.97. The van der Waals surface area contributed by atoms with Gasteiger partial charge < -0.3 is 19.7 Å². The molecule has 1 heterocycles. The van der Waals surface area contributed by atoms with Gasteiger partial charge in [0.15, 0.2) is 0 Å². The van der Waals surface area contributed by atoms with Crippen LogP contribution in [0.2, 0.25) is 0 Å². The summed E-state index contributed by atoms with van der Waals surface area (Å²) in [5.41, 5.74) is 0. The molecule has 0 radical (unpaired) electrons. The van der Waals surface area contributed by atoms with Crippen molar-refractivity contribution in [1.82, 2.24) is 10.2 Å². The maximum absolute atomic E-state index is 11.1. The van der Waals surface area contributed by atoms with E-state index in [4.69, 9.17) is 9.59 Å². The van der Waals surface area contributed by atoms with Gasteiger partial charge in [-0.25, -0.2) is 0 Å². The summed E-state index contributed by atoms with van der Waals surface area (Å²) < 4.78 is 3.86. The number of rotatable bonds is 3. The van der Waals surface area contributed by atoms with E-state index >= 15 is 0 Å². The predicted octanol–water partition coefficient (Wildman–Crippen LogP) is 1.48. The van der Waals surface area contributed by atoms with E-state index in [1.54, 1.807) is 7.05 Å². The molecule has 1 N–H and O–H groups in total. The van der Waals surface area contributed by atoms with Crippen LogP contribution in [-0.2, 0) is 19.1 Å². The van der Waals surface area contributed by atoms with E-state index in [-0.39, 0.29) is 13.3 Å². The van der Waals surface area contributed by atoms with Crippen LogP contribution in [0.5, 0.6) is 0 Å². The number of likely N-dealkylation sites (N-methyl/N-ethyl adjacent to an activating group) is 1. The lowest BCUT2D eigenvalue weighted by Gasteiger charge is -2.13. The van der Waals surface area contributed by atoms with Gasteiger partial charge in [0.05, 0.1) is 13.7 Å². The number of likely N-dealkylation sites (tertiary alicyclic amines) is 1. The lowest BCUT2D eigenvalue weighted by atomic mass is 10.4. The molecule has 1 rings (SSSR count). The molecule has 0 atom stereocenters. The van der Waals surface area contributed by atoms with E-state index in [2.05, 4.69) is 23.9 Å². The minimum absolute atomic E-state index is 0. The summed E-state index contributed by atoms with van der Waals surface area (Å²) >= 11 is 0. The number of methoxy groups -OCH3 is 1. The fraction of sp³-hybridized carbons (Fsp3) is 0.786. The summed E-state index contributed by atoms with van der Waals surface area (Å²) in [5.74, 6) is 0.236. The Labute approximate surface area is 123 Å². The molecule has 0 aromatic carbocycles. The lowest BCUT2D eigenvalue weighted by Crippen LogP contribution is -2.34. The highest BCUT2D eigenvalue weighted by atomic mass is 16.5. The zero-order valence-electron chi connectivity index (χ0n) is 12.6. The van der Waals surface area contributed by atoms with Gasteiger partial charge >= 0.3 is 0 Å². The van der Waals surface area contributed by atoms with E-state index < -0.39 is 0 Å². The normalized spacial score (nSPS) is 11.1.